The van der Waals surface area contributed by atoms with Crippen molar-refractivity contribution in [3.05, 3.63) is 75.3 Å². The first-order valence-corrected chi connectivity index (χ1v) is 8.52. The molecule has 2 nitrogen and oxygen atoms in total. The summed E-state index contributed by atoms with van der Waals surface area (Å²) in [5.41, 5.74) is 3.29. The van der Waals surface area contributed by atoms with Crippen LogP contribution in [-0.4, -0.2) is 5.91 Å². The second-order valence-corrected chi connectivity index (χ2v) is 7.49. The number of halogens is 2. The third-order valence-corrected chi connectivity index (χ3v) is 4.39. The monoisotopic (exact) mass is 361 g/mol. The summed E-state index contributed by atoms with van der Waals surface area (Å²) in [5, 5.41) is 3.81. The van der Waals surface area contributed by atoms with Crippen LogP contribution < -0.4 is 5.32 Å². The average Bonchev–Trinajstić information content (AvgIpc) is 2.53. The SMILES string of the molecule is CC(C)(C)c1ccc(C=CC(=O)NCc2ccc(Cl)c(Cl)c2)cc1. The summed E-state index contributed by atoms with van der Waals surface area (Å²) in [4.78, 5) is 11.9. The molecule has 0 aliphatic rings. The molecule has 24 heavy (non-hydrogen) atoms. The fraction of sp³-hybridized carbons (Fsp3) is 0.250. The minimum Gasteiger partial charge on any atom is -0.348 e. The van der Waals surface area contributed by atoms with Gasteiger partial charge >= 0.3 is 0 Å². The van der Waals surface area contributed by atoms with E-state index in [1.54, 1.807) is 18.2 Å². The Kier molecular flexibility index (Phi) is 6.09. The fourth-order valence-corrected chi connectivity index (χ4v) is 2.48. The number of rotatable bonds is 4. The van der Waals surface area contributed by atoms with E-state index in [-0.39, 0.29) is 11.3 Å². The van der Waals surface area contributed by atoms with E-state index < -0.39 is 0 Å². The molecule has 0 fully saturated rings. The summed E-state index contributed by atoms with van der Waals surface area (Å²) in [5.74, 6) is -0.152. The Hall–Kier alpha value is -1.77. The minimum atomic E-state index is -0.152. The van der Waals surface area contributed by atoms with Gasteiger partial charge in [0, 0.05) is 12.6 Å². The fourth-order valence-electron chi connectivity index (χ4n) is 2.16. The van der Waals surface area contributed by atoms with Gasteiger partial charge in [-0.15, -0.1) is 0 Å². The van der Waals surface area contributed by atoms with Gasteiger partial charge in [-0.05, 0) is 40.3 Å². The van der Waals surface area contributed by atoms with Crippen molar-refractivity contribution in [2.75, 3.05) is 0 Å². The first kappa shape index (κ1) is 18.6. The maximum Gasteiger partial charge on any atom is 0.244 e. The highest BCUT2D eigenvalue weighted by molar-refractivity contribution is 6.42. The van der Waals surface area contributed by atoms with Gasteiger partial charge in [-0.1, -0.05) is 74.3 Å². The molecular weight excluding hydrogens is 341 g/mol. The number of carbonyl (C=O) groups is 1. The molecule has 2 rings (SSSR count). The molecular formula is C20H21Cl2NO. The second kappa shape index (κ2) is 7.87. The smallest absolute Gasteiger partial charge is 0.244 e. The lowest BCUT2D eigenvalue weighted by molar-refractivity contribution is -0.116. The lowest BCUT2D eigenvalue weighted by Gasteiger charge is -2.18. The molecule has 1 N–H and O–H groups in total. The predicted molar refractivity (Wildman–Crippen MR) is 102 cm³/mol. The van der Waals surface area contributed by atoms with Crippen molar-refractivity contribution in [3.8, 4) is 0 Å². The van der Waals surface area contributed by atoms with E-state index in [0.717, 1.165) is 11.1 Å². The summed E-state index contributed by atoms with van der Waals surface area (Å²) in [7, 11) is 0. The van der Waals surface area contributed by atoms with Gasteiger partial charge in [-0.2, -0.15) is 0 Å². The van der Waals surface area contributed by atoms with Crippen LogP contribution >= 0.6 is 23.2 Å². The third-order valence-electron chi connectivity index (χ3n) is 3.65. The summed E-state index contributed by atoms with van der Waals surface area (Å²) in [6.07, 6.45) is 3.33. The summed E-state index contributed by atoms with van der Waals surface area (Å²) >= 11 is 11.8. The van der Waals surface area contributed by atoms with Crippen molar-refractivity contribution in [1.82, 2.24) is 5.32 Å². The quantitative estimate of drug-likeness (QED) is 0.703. The number of hydrogen-bond donors (Lipinski definition) is 1. The maximum atomic E-state index is 11.9. The second-order valence-electron chi connectivity index (χ2n) is 6.67. The molecule has 0 spiro atoms. The predicted octanol–water partition coefficient (Wildman–Crippen LogP) is 5.62. The van der Waals surface area contributed by atoms with Gasteiger partial charge in [0.25, 0.3) is 0 Å². The Labute approximate surface area is 153 Å². The summed E-state index contributed by atoms with van der Waals surface area (Å²) in [6, 6.07) is 13.5. The van der Waals surface area contributed by atoms with Crippen LogP contribution in [0.4, 0.5) is 0 Å². The maximum absolute atomic E-state index is 11.9. The molecule has 0 heterocycles. The molecule has 126 valence electrons. The minimum absolute atomic E-state index is 0.124. The van der Waals surface area contributed by atoms with Gasteiger partial charge < -0.3 is 5.32 Å². The van der Waals surface area contributed by atoms with Crippen LogP contribution in [0, 0.1) is 0 Å². The van der Waals surface area contributed by atoms with Crippen molar-refractivity contribution in [2.45, 2.75) is 32.7 Å². The molecule has 0 saturated carbocycles. The highest BCUT2D eigenvalue weighted by Gasteiger charge is 2.12. The molecule has 0 saturated heterocycles. The number of hydrogen-bond acceptors (Lipinski definition) is 1. The van der Waals surface area contributed by atoms with E-state index in [0.29, 0.717) is 16.6 Å². The van der Waals surface area contributed by atoms with Crippen LogP contribution in [0.5, 0.6) is 0 Å². The van der Waals surface area contributed by atoms with Gasteiger partial charge in [0.05, 0.1) is 10.0 Å². The molecule has 2 aromatic carbocycles. The Balaban J connectivity index is 1.91. The van der Waals surface area contributed by atoms with Gasteiger partial charge in [-0.3, -0.25) is 4.79 Å². The van der Waals surface area contributed by atoms with Gasteiger partial charge in [0.15, 0.2) is 0 Å². The summed E-state index contributed by atoms with van der Waals surface area (Å²) < 4.78 is 0. The zero-order chi connectivity index (χ0) is 17.7. The van der Waals surface area contributed by atoms with E-state index in [4.69, 9.17) is 23.2 Å². The Morgan fingerprint density at radius 1 is 1.04 bits per heavy atom. The highest BCUT2D eigenvalue weighted by atomic mass is 35.5. The lowest BCUT2D eigenvalue weighted by Crippen LogP contribution is -2.20. The molecule has 0 aliphatic heterocycles. The Morgan fingerprint density at radius 2 is 1.71 bits per heavy atom. The van der Waals surface area contributed by atoms with E-state index >= 15 is 0 Å². The zero-order valence-electron chi connectivity index (χ0n) is 14.1. The van der Waals surface area contributed by atoms with E-state index in [2.05, 4.69) is 38.2 Å². The van der Waals surface area contributed by atoms with Crippen LogP contribution in [0.15, 0.2) is 48.5 Å². The van der Waals surface area contributed by atoms with Crippen LogP contribution in [-0.2, 0) is 16.8 Å². The van der Waals surface area contributed by atoms with Crippen molar-refractivity contribution in [3.63, 3.8) is 0 Å². The van der Waals surface area contributed by atoms with Crippen molar-refractivity contribution in [1.29, 1.82) is 0 Å². The Bertz CT molecular complexity index is 743. The number of amides is 1. The first-order valence-electron chi connectivity index (χ1n) is 7.76. The third kappa shape index (κ3) is 5.40. The molecule has 4 heteroatoms. The number of benzene rings is 2. The van der Waals surface area contributed by atoms with Crippen LogP contribution in [0.1, 0.15) is 37.5 Å². The molecule has 0 aliphatic carbocycles. The van der Waals surface area contributed by atoms with Crippen molar-refractivity contribution in [2.24, 2.45) is 0 Å². The van der Waals surface area contributed by atoms with E-state index in [1.807, 2.05) is 18.2 Å². The topological polar surface area (TPSA) is 29.1 Å². The molecule has 2 aromatic rings. The van der Waals surface area contributed by atoms with Gasteiger partial charge in [0.1, 0.15) is 0 Å². The average molecular weight is 362 g/mol. The van der Waals surface area contributed by atoms with Crippen LogP contribution in [0.2, 0.25) is 10.0 Å². The largest absolute Gasteiger partial charge is 0.348 e. The van der Waals surface area contributed by atoms with Gasteiger partial charge in [0.2, 0.25) is 5.91 Å². The van der Waals surface area contributed by atoms with Crippen LogP contribution in [0.3, 0.4) is 0 Å². The molecule has 0 aromatic heterocycles. The molecule has 0 bridgehead atoms. The highest BCUT2D eigenvalue weighted by Crippen LogP contribution is 2.23. The number of carbonyl (C=O) groups excluding carboxylic acids is 1. The van der Waals surface area contributed by atoms with Gasteiger partial charge in [-0.25, -0.2) is 0 Å². The normalized spacial score (nSPS) is 11.7. The van der Waals surface area contributed by atoms with Crippen LogP contribution in [0.25, 0.3) is 6.08 Å². The lowest BCUT2D eigenvalue weighted by atomic mass is 9.87. The standard InChI is InChI=1S/C20H21Cl2NO/c1-20(2,3)16-8-4-14(5-9-16)7-11-19(24)23-13-15-6-10-17(21)18(22)12-15/h4-12H,13H2,1-3H3,(H,23,24). The van der Waals surface area contributed by atoms with Crippen molar-refractivity contribution >= 4 is 35.2 Å². The first-order chi connectivity index (χ1) is 11.3. The molecule has 1 amide bonds. The molecule has 0 radical (unpaired) electrons. The van der Waals surface area contributed by atoms with E-state index in [1.165, 1.54) is 11.6 Å². The van der Waals surface area contributed by atoms with Crippen molar-refractivity contribution < 1.29 is 4.79 Å². The van der Waals surface area contributed by atoms with E-state index in [9.17, 15) is 4.79 Å². The number of nitrogens with one attached hydrogen (secondary N) is 1. The zero-order valence-corrected chi connectivity index (χ0v) is 15.6. The molecule has 0 atom stereocenters. The Morgan fingerprint density at radius 3 is 2.29 bits per heavy atom. The molecule has 0 unspecified atom stereocenters. The summed E-state index contributed by atoms with van der Waals surface area (Å²) in [6.45, 7) is 6.93.